The number of carbonyl (C=O) groups excluding carboxylic acids is 1. The minimum Gasteiger partial charge on any atom is -0.300 e. The predicted molar refractivity (Wildman–Crippen MR) is 98.0 cm³/mol. The quantitative estimate of drug-likeness (QED) is 0.646. The van der Waals surface area contributed by atoms with Gasteiger partial charge in [0.25, 0.3) is 0 Å². The van der Waals surface area contributed by atoms with Crippen molar-refractivity contribution in [3.8, 4) is 11.1 Å². The highest BCUT2D eigenvalue weighted by Gasteiger charge is 2.37. The van der Waals surface area contributed by atoms with E-state index in [1.54, 1.807) is 6.92 Å². The molecule has 0 saturated carbocycles. The van der Waals surface area contributed by atoms with Crippen molar-refractivity contribution >= 4 is 5.78 Å². The Morgan fingerprint density at radius 3 is 2.17 bits per heavy atom. The number of hydrogen-bond donors (Lipinski definition) is 0. The lowest BCUT2D eigenvalue weighted by molar-refractivity contribution is -0.120. The van der Waals surface area contributed by atoms with Gasteiger partial charge in [-0.25, -0.2) is 0 Å². The van der Waals surface area contributed by atoms with Gasteiger partial charge in [-0.05, 0) is 41.2 Å². The van der Waals surface area contributed by atoms with Crippen molar-refractivity contribution in [1.82, 2.24) is 0 Å². The van der Waals surface area contributed by atoms with Crippen molar-refractivity contribution in [1.29, 1.82) is 0 Å². The van der Waals surface area contributed by atoms with E-state index in [4.69, 9.17) is 0 Å². The molecule has 1 nitrogen and oxygen atoms in total. The number of fused-ring (bicyclic) bond motifs is 1. The molecule has 0 radical (unpaired) electrons. The zero-order valence-electron chi connectivity index (χ0n) is 13.8. The summed E-state index contributed by atoms with van der Waals surface area (Å²) in [5, 5.41) is 0. The second-order valence-corrected chi connectivity index (χ2v) is 6.55. The standard InChI is InChI=1S/C23H20O/c1-16(24)22-15-18-11-5-6-13-20(18)23(22)21-14-8-7-12-19(21)17-9-3-2-4-10-17/h2-14,22-23H,15H2,1H3. The largest absolute Gasteiger partial charge is 0.300 e. The highest BCUT2D eigenvalue weighted by atomic mass is 16.1. The summed E-state index contributed by atoms with van der Waals surface area (Å²) in [6, 6.07) is 27.5. The van der Waals surface area contributed by atoms with Crippen LogP contribution in [-0.2, 0) is 11.2 Å². The minimum absolute atomic E-state index is 0.0345. The summed E-state index contributed by atoms with van der Waals surface area (Å²) in [5.74, 6) is 0.460. The number of benzene rings is 3. The molecule has 0 saturated heterocycles. The van der Waals surface area contributed by atoms with E-state index in [2.05, 4.69) is 72.8 Å². The molecule has 0 spiro atoms. The third-order valence-electron chi connectivity index (χ3n) is 5.14. The molecule has 0 aliphatic heterocycles. The molecule has 3 aromatic carbocycles. The maximum absolute atomic E-state index is 12.3. The topological polar surface area (TPSA) is 17.1 Å². The Balaban J connectivity index is 1.90. The van der Waals surface area contributed by atoms with Gasteiger partial charge in [-0.3, -0.25) is 4.79 Å². The lowest BCUT2D eigenvalue weighted by Gasteiger charge is -2.22. The van der Waals surface area contributed by atoms with Crippen LogP contribution in [0.25, 0.3) is 11.1 Å². The van der Waals surface area contributed by atoms with E-state index in [1.807, 2.05) is 6.07 Å². The van der Waals surface area contributed by atoms with Gasteiger partial charge in [0.15, 0.2) is 0 Å². The Morgan fingerprint density at radius 2 is 1.42 bits per heavy atom. The molecule has 4 rings (SSSR count). The van der Waals surface area contributed by atoms with Crippen molar-refractivity contribution in [2.24, 2.45) is 5.92 Å². The smallest absolute Gasteiger partial charge is 0.134 e. The summed E-state index contributed by atoms with van der Waals surface area (Å²) in [6.45, 7) is 1.73. The molecule has 118 valence electrons. The second kappa shape index (κ2) is 6.09. The fraction of sp³-hybridized carbons (Fsp3) is 0.174. The van der Waals surface area contributed by atoms with Gasteiger partial charge in [-0.2, -0.15) is 0 Å². The van der Waals surface area contributed by atoms with E-state index in [0.29, 0.717) is 0 Å². The molecule has 0 aromatic heterocycles. The highest BCUT2D eigenvalue weighted by Crippen LogP contribution is 2.45. The van der Waals surface area contributed by atoms with Gasteiger partial charge < -0.3 is 0 Å². The molecule has 0 amide bonds. The maximum atomic E-state index is 12.3. The van der Waals surface area contributed by atoms with E-state index in [-0.39, 0.29) is 17.6 Å². The van der Waals surface area contributed by atoms with Crippen LogP contribution in [0.2, 0.25) is 0 Å². The van der Waals surface area contributed by atoms with Crippen LogP contribution < -0.4 is 0 Å². The number of carbonyl (C=O) groups is 1. The first-order valence-electron chi connectivity index (χ1n) is 8.48. The summed E-state index contributed by atoms with van der Waals surface area (Å²) in [7, 11) is 0. The van der Waals surface area contributed by atoms with Crippen molar-refractivity contribution in [3.63, 3.8) is 0 Å². The van der Waals surface area contributed by atoms with Crippen LogP contribution in [0, 0.1) is 5.92 Å². The van der Waals surface area contributed by atoms with Crippen molar-refractivity contribution in [3.05, 3.63) is 95.6 Å². The highest BCUT2D eigenvalue weighted by molar-refractivity contribution is 5.83. The Labute approximate surface area is 143 Å². The van der Waals surface area contributed by atoms with Crippen LogP contribution in [0.5, 0.6) is 0 Å². The summed E-state index contributed by atoms with van der Waals surface area (Å²) in [5.41, 5.74) is 6.31. The fourth-order valence-electron chi connectivity index (χ4n) is 4.01. The SMILES string of the molecule is CC(=O)C1Cc2ccccc2C1c1ccccc1-c1ccccc1. The summed E-state index contributed by atoms with van der Waals surface area (Å²) >= 11 is 0. The Hall–Kier alpha value is -2.67. The first kappa shape index (κ1) is 14.9. The fourth-order valence-corrected chi connectivity index (χ4v) is 4.01. The molecule has 24 heavy (non-hydrogen) atoms. The zero-order chi connectivity index (χ0) is 16.5. The molecule has 2 atom stereocenters. The third-order valence-corrected chi connectivity index (χ3v) is 5.14. The lowest BCUT2D eigenvalue weighted by Crippen LogP contribution is -2.18. The van der Waals surface area contributed by atoms with Crippen LogP contribution in [-0.4, -0.2) is 5.78 Å². The summed E-state index contributed by atoms with van der Waals surface area (Å²) in [6.07, 6.45) is 0.847. The molecule has 1 heteroatoms. The van der Waals surface area contributed by atoms with Crippen LogP contribution in [0.15, 0.2) is 78.9 Å². The number of hydrogen-bond acceptors (Lipinski definition) is 1. The van der Waals surface area contributed by atoms with E-state index < -0.39 is 0 Å². The molecule has 1 aliphatic rings. The third kappa shape index (κ3) is 2.46. The molecule has 3 aromatic rings. The van der Waals surface area contributed by atoms with Gasteiger partial charge in [0, 0.05) is 11.8 Å². The summed E-state index contributed by atoms with van der Waals surface area (Å²) in [4.78, 5) is 12.3. The van der Waals surface area contributed by atoms with E-state index in [0.717, 1.165) is 6.42 Å². The Bertz CT molecular complexity index is 879. The van der Waals surface area contributed by atoms with E-state index in [1.165, 1.54) is 27.8 Å². The van der Waals surface area contributed by atoms with Gasteiger partial charge in [0.05, 0.1) is 0 Å². The van der Waals surface area contributed by atoms with Gasteiger partial charge in [-0.1, -0.05) is 78.9 Å². The molecular weight excluding hydrogens is 292 g/mol. The van der Waals surface area contributed by atoms with Crippen LogP contribution >= 0.6 is 0 Å². The van der Waals surface area contributed by atoms with Crippen molar-refractivity contribution in [2.75, 3.05) is 0 Å². The average molecular weight is 312 g/mol. The number of rotatable bonds is 3. The zero-order valence-corrected chi connectivity index (χ0v) is 13.8. The normalized spacial score (nSPS) is 19.0. The van der Waals surface area contributed by atoms with Crippen LogP contribution in [0.3, 0.4) is 0 Å². The molecule has 0 N–H and O–H groups in total. The minimum atomic E-state index is 0.0345. The first-order valence-corrected chi connectivity index (χ1v) is 8.48. The van der Waals surface area contributed by atoms with Gasteiger partial charge in [0.1, 0.15) is 5.78 Å². The van der Waals surface area contributed by atoms with Gasteiger partial charge >= 0.3 is 0 Å². The monoisotopic (exact) mass is 312 g/mol. The lowest BCUT2D eigenvalue weighted by atomic mass is 9.80. The Kier molecular flexibility index (Phi) is 3.78. The molecule has 0 heterocycles. The van der Waals surface area contributed by atoms with Crippen LogP contribution in [0.1, 0.15) is 29.5 Å². The molecule has 0 fully saturated rings. The molecule has 1 aliphatic carbocycles. The Morgan fingerprint density at radius 1 is 0.792 bits per heavy atom. The van der Waals surface area contributed by atoms with Crippen molar-refractivity contribution < 1.29 is 4.79 Å². The molecule has 2 unspecified atom stereocenters. The maximum Gasteiger partial charge on any atom is 0.134 e. The van der Waals surface area contributed by atoms with Crippen LogP contribution in [0.4, 0.5) is 0 Å². The van der Waals surface area contributed by atoms with Crippen molar-refractivity contribution in [2.45, 2.75) is 19.3 Å². The molecular formula is C23H20O. The van der Waals surface area contributed by atoms with E-state index in [9.17, 15) is 4.79 Å². The van der Waals surface area contributed by atoms with Gasteiger partial charge in [0.2, 0.25) is 0 Å². The van der Waals surface area contributed by atoms with E-state index >= 15 is 0 Å². The first-order chi connectivity index (χ1) is 11.8. The van der Waals surface area contributed by atoms with Gasteiger partial charge in [-0.15, -0.1) is 0 Å². The molecule has 0 bridgehead atoms. The predicted octanol–water partition coefficient (Wildman–Crippen LogP) is 5.25. The number of Topliss-reactive ketones (excluding diaryl/α,β-unsaturated/α-hetero) is 1. The number of ketones is 1. The second-order valence-electron chi connectivity index (χ2n) is 6.55. The average Bonchev–Trinajstić information content (AvgIpc) is 3.02. The summed E-state index contributed by atoms with van der Waals surface area (Å²) < 4.78 is 0.